The SMILES string of the molecule is CN[C@@H]1C[C@H]2CC3C[C@@H](C1)N32. The molecule has 0 amide bonds. The van der Waals surface area contributed by atoms with Gasteiger partial charge in [-0.15, -0.1) is 0 Å². The summed E-state index contributed by atoms with van der Waals surface area (Å²) in [6, 6.07) is 3.76. The van der Waals surface area contributed by atoms with Gasteiger partial charge in [0.15, 0.2) is 0 Å². The lowest BCUT2D eigenvalue weighted by molar-refractivity contribution is -0.150. The molecule has 0 radical (unpaired) electrons. The first-order valence-corrected chi connectivity index (χ1v) is 4.83. The topological polar surface area (TPSA) is 15.3 Å². The summed E-state index contributed by atoms with van der Waals surface area (Å²) in [7, 11) is 2.11. The average molecular weight is 152 g/mol. The van der Waals surface area contributed by atoms with E-state index in [9.17, 15) is 0 Å². The highest BCUT2D eigenvalue weighted by atomic mass is 15.3. The molecular formula is C9H16N2. The van der Waals surface area contributed by atoms with Crippen LogP contribution in [-0.4, -0.2) is 36.1 Å². The minimum absolute atomic E-state index is 0.822. The third-order valence-electron chi connectivity index (χ3n) is 3.87. The maximum absolute atomic E-state index is 3.42. The van der Waals surface area contributed by atoms with Crippen molar-refractivity contribution in [2.75, 3.05) is 7.05 Å². The van der Waals surface area contributed by atoms with Crippen molar-refractivity contribution in [2.45, 2.75) is 49.9 Å². The van der Waals surface area contributed by atoms with Crippen LogP contribution in [0.4, 0.5) is 0 Å². The van der Waals surface area contributed by atoms with Crippen molar-refractivity contribution in [2.24, 2.45) is 0 Å². The van der Waals surface area contributed by atoms with E-state index < -0.39 is 0 Å². The highest BCUT2D eigenvalue weighted by Gasteiger charge is 2.54. The van der Waals surface area contributed by atoms with Gasteiger partial charge in [-0.05, 0) is 32.7 Å². The molecule has 1 N–H and O–H groups in total. The van der Waals surface area contributed by atoms with Crippen molar-refractivity contribution in [3.63, 3.8) is 0 Å². The lowest BCUT2D eigenvalue weighted by atomic mass is 9.68. The Bertz CT molecular complexity index is 164. The van der Waals surface area contributed by atoms with Gasteiger partial charge in [-0.3, -0.25) is 4.90 Å². The predicted octanol–water partition coefficient (Wildman–Crippen LogP) is 0.583. The Morgan fingerprint density at radius 3 is 2.00 bits per heavy atom. The standard InChI is InChI=1S/C9H16N2/c1-10-6-2-7-4-9-5-8(3-6)11(7)9/h6-10H,2-5H2,1H3/t6-,7+,8-,9?. The van der Waals surface area contributed by atoms with E-state index in [1.165, 1.54) is 25.7 Å². The summed E-state index contributed by atoms with van der Waals surface area (Å²) >= 11 is 0. The second-order valence-electron chi connectivity index (χ2n) is 4.34. The summed E-state index contributed by atoms with van der Waals surface area (Å²) in [5.74, 6) is 0. The molecule has 0 spiro atoms. The fraction of sp³-hybridized carbons (Fsp3) is 1.00. The Morgan fingerprint density at radius 2 is 1.55 bits per heavy atom. The molecule has 3 rings (SSSR count). The maximum Gasteiger partial charge on any atom is 0.0131 e. The third kappa shape index (κ3) is 0.695. The van der Waals surface area contributed by atoms with Crippen LogP contribution < -0.4 is 5.32 Å². The normalized spacial score (nSPS) is 54.3. The molecule has 3 aliphatic rings. The molecule has 2 nitrogen and oxygen atoms in total. The van der Waals surface area contributed by atoms with Gasteiger partial charge in [-0.25, -0.2) is 0 Å². The molecular weight excluding hydrogens is 136 g/mol. The quantitative estimate of drug-likeness (QED) is 0.591. The number of piperidine rings is 2. The van der Waals surface area contributed by atoms with Gasteiger partial charge in [-0.1, -0.05) is 0 Å². The molecule has 0 saturated carbocycles. The summed E-state index contributed by atoms with van der Waals surface area (Å²) < 4.78 is 0. The van der Waals surface area contributed by atoms with Crippen molar-refractivity contribution in [3.8, 4) is 0 Å². The van der Waals surface area contributed by atoms with E-state index in [1.54, 1.807) is 0 Å². The van der Waals surface area contributed by atoms with Crippen molar-refractivity contribution in [1.82, 2.24) is 10.2 Å². The Morgan fingerprint density at radius 1 is 1.00 bits per heavy atom. The van der Waals surface area contributed by atoms with Gasteiger partial charge in [-0.2, -0.15) is 0 Å². The molecule has 3 aliphatic heterocycles. The second kappa shape index (κ2) is 1.99. The monoisotopic (exact) mass is 152 g/mol. The fourth-order valence-electron chi connectivity index (χ4n) is 3.25. The molecule has 1 unspecified atom stereocenters. The first kappa shape index (κ1) is 6.44. The van der Waals surface area contributed by atoms with E-state index in [4.69, 9.17) is 0 Å². The molecule has 3 saturated heterocycles. The zero-order valence-corrected chi connectivity index (χ0v) is 7.09. The Balaban J connectivity index is 1.72. The number of nitrogens with one attached hydrogen (secondary N) is 1. The Labute approximate surface area is 68.0 Å². The Kier molecular flexibility index (Phi) is 1.16. The summed E-state index contributed by atoms with van der Waals surface area (Å²) in [5.41, 5.74) is 0. The van der Waals surface area contributed by atoms with E-state index in [2.05, 4.69) is 17.3 Å². The fourth-order valence-corrected chi connectivity index (χ4v) is 3.25. The van der Waals surface area contributed by atoms with Crippen molar-refractivity contribution in [1.29, 1.82) is 0 Å². The van der Waals surface area contributed by atoms with E-state index in [0.29, 0.717) is 0 Å². The molecule has 0 bridgehead atoms. The second-order valence-corrected chi connectivity index (χ2v) is 4.34. The molecule has 3 heterocycles. The first-order valence-electron chi connectivity index (χ1n) is 4.83. The number of hydrogen-bond acceptors (Lipinski definition) is 2. The van der Waals surface area contributed by atoms with Crippen LogP contribution >= 0.6 is 0 Å². The van der Waals surface area contributed by atoms with Crippen LogP contribution in [0.3, 0.4) is 0 Å². The molecule has 2 heteroatoms. The largest absolute Gasteiger partial charge is 0.317 e. The van der Waals surface area contributed by atoms with Crippen LogP contribution in [0.5, 0.6) is 0 Å². The summed E-state index contributed by atoms with van der Waals surface area (Å²) in [6.45, 7) is 0. The predicted molar refractivity (Wildman–Crippen MR) is 44.5 cm³/mol. The lowest BCUT2D eigenvalue weighted by Gasteiger charge is -2.66. The van der Waals surface area contributed by atoms with Gasteiger partial charge in [0, 0.05) is 24.2 Å². The molecule has 0 aromatic heterocycles. The smallest absolute Gasteiger partial charge is 0.0131 e. The van der Waals surface area contributed by atoms with Crippen molar-refractivity contribution in [3.05, 3.63) is 0 Å². The van der Waals surface area contributed by atoms with Crippen LogP contribution in [0, 0.1) is 0 Å². The van der Waals surface area contributed by atoms with Crippen molar-refractivity contribution >= 4 is 0 Å². The van der Waals surface area contributed by atoms with E-state index >= 15 is 0 Å². The van der Waals surface area contributed by atoms with Crippen LogP contribution in [0.1, 0.15) is 25.7 Å². The van der Waals surface area contributed by atoms with Crippen LogP contribution in [0.2, 0.25) is 0 Å². The molecule has 4 atom stereocenters. The van der Waals surface area contributed by atoms with Gasteiger partial charge >= 0.3 is 0 Å². The van der Waals surface area contributed by atoms with Crippen LogP contribution in [0.15, 0.2) is 0 Å². The molecule has 0 aromatic carbocycles. The minimum Gasteiger partial charge on any atom is -0.317 e. The third-order valence-corrected chi connectivity index (χ3v) is 3.87. The van der Waals surface area contributed by atoms with Gasteiger partial charge in [0.2, 0.25) is 0 Å². The Hall–Kier alpha value is -0.0800. The molecule has 0 aliphatic carbocycles. The van der Waals surface area contributed by atoms with Gasteiger partial charge in [0.1, 0.15) is 0 Å². The zero-order valence-electron chi connectivity index (χ0n) is 7.09. The average Bonchev–Trinajstić information content (AvgIpc) is 1.92. The van der Waals surface area contributed by atoms with E-state index in [0.717, 1.165) is 24.2 Å². The summed E-state index contributed by atoms with van der Waals surface area (Å²) in [6.07, 6.45) is 5.80. The number of nitrogens with zero attached hydrogens (tertiary/aromatic N) is 1. The van der Waals surface area contributed by atoms with E-state index in [-0.39, 0.29) is 0 Å². The highest BCUT2D eigenvalue weighted by Crippen LogP contribution is 2.48. The van der Waals surface area contributed by atoms with Gasteiger partial charge in [0.25, 0.3) is 0 Å². The first-order chi connectivity index (χ1) is 5.38. The highest BCUT2D eigenvalue weighted by molar-refractivity contribution is 5.11. The number of hydrogen-bond donors (Lipinski definition) is 1. The summed E-state index contributed by atoms with van der Waals surface area (Å²) in [5, 5.41) is 3.42. The zero-order chi connectivity index (χ0) is 7.42. The minimum atomic E-state index is 0.822. The van der Waals surface area contributed by atoms with Gasteiger partial charge < -0.3 is 5.32 Å². The molecule has 62 valence electrons. The van der Waals surface area contributed by atoms with Crippen molar-refractivity contribution < 1.29 is 0 Å². The van der Waals surface area contributed by atoms with Crippen LogP contribution in [-0.2, 0) is 0 Å². The number of rotatable bonds is 1. The van der Waals surface area contributed by atoms with Crippen LogP contribution in [0.25, 0.3) is 0 Å². The molecule has 11 heavy (non-hydrogen) atoms. The maximum atomic E-state index is 3.42. The van der Waals surface area contributed by atoms with Gasteiger partial charge in [0.05, 0.1) is 0 Å². The lowest BCUT2D eigenvalue weighted by Crippen LogP contribution is -2.73. The summed E-state index contributed by atoms with van der Waals surface area (Å²) in [4.78, 5) is 2.74. The molecule has 0 aromatic rings. The molecule has 3 fully saturated rings. The van der Waals surface area contributed by atoms with E-state index in [1.807, 2.05) is 0 Å².